The smallest absolute Gasteiger partial charge is 0.133 e. The van der Waals surface area contributed by atoms with Gasteiger partial charge in [0.05, 0.1) is 0 Å². The first-order valence-corrected chi connectivity index (χ1v) is 7.12. The Morgan fingerprint density at radius 1 is 0.812 bits per heavy atom. The molecule has 1 fully saturated rings. The Hall–Kier alpha value is -0.330. The van der Waals surface area contributed by atoms with Gasteiger partial charge in [-0.3, -0.25) is 4.79 Å². The summed E-state index contributed by atoms with van der Waals surface area (Å²) >= 11 is 0. The molecule has 0 atom stereocenters. The summed E-state index contributed by atoms with van der Waals surface area (Å²) in [5, 5.41) is 0. The zero-order valence-corrected chi connectivity index (χ0v) is 11.2. The molecule has 0 heterocycles. The Morgan fingerprint density at radius 3 is 1.94 bits per heavy atom. The van der Waals surface area contributed by atoms with E-state index in [4.69, 9.17) is 0 Å². The Kier molecular flexibility index (Phi) is 6.08. The fourth-order valence-electron chi connectivity index (χ4n) is 2.70. The topological polar surface area (TPSA) is 17.1 Å². The van der Waals surface area contributed by atoms with E-state index in [1.54, 1.807) is 0 Å². The van der Waals surface area contributed by atoms with Crippen molar-refractivity contribution in [3.05, 3.63) is 0 Å². The highest BCUT2D eigenvalue weighted by Crippen LogP contribution is 2.29. The van der Waals surface area contributed by atoms with Gasteiger partial charge in [-0.1, -0.05) is 58.8 Å². The van der Waals surface area contributed by atoms with Crippen LogP contribution in [-0.4, -0.2) is 5.78 Å². The molecule has 16 heavy (non-hydrogen) atoms. The predicted octanol–water partition coefficient (Wildman–Crippen LogP) is 4.89. The van der Waals surface area contributed by atoms with Gasteiger partial charge in [0.15, 0.2) is 0 Å². The van der Waals surface area contributed by atoms with Crippen molar-refractivity contribution >= 4 is 5.78 Å². The molecule has 0 unspecified atom stereocenters. The minimum absolute atomic E-state index is 0.241. The Balaban J connectivity index is 2.39. The molecule has 94 valence electrons. The first-order valence-electron chi connectivity index (χ1n) is 7.12. The number of rotatable bonds is 0. The van der Waals surface area contributed by atoms with Crippen molar-refractivity contribution in [3.63, 3.8) is 0 Å². The monoisotopic (exact) mass is 224 g/mol. The van der Waals surface area contributed by atoms with Crippen molar-refractivity contribution in [2.45, 2.75) is 84.5 Å². The molecule has 1 saturated carbocycles. The van der Waals surface area contributed by atoms with Gasteiger partial charge in [0.1, 0.15) is 5.78 Å². The second-order valence-corrected chi connectivity index (χ2v) is 6.21. The van der Waals surface area contributed by atoms with Crippen LogP contribution in [0.1, 0.15) is 84.5 Å². The summed E-state index contributed by atoms with van der Waals surface area (Å²) in [5.74, 6) is 0.490. The molecule has 0 aliphatic heterocycles. The summed E-state index contributed by atoms with van der Waals surface area (Å²) in [5.41, 5.74) is 0.241. The highest BCUT2D eigenvalue weighted by atomic mass is 16.1. The third-order valence-electron chi connectivity index (χ3n) is 3.73. The van der Waals surface area contributed by atoms with Crippen LogP contribution in [0.3, 0.4) is 0 Å². The molecule has 1 rings (SSSR count). The largest absolute Gasteiger partial charge is 0.300 e. The van der Waals surface area contributed by atoms with Crippen LogP contribution in [0, 0.1) is 5.41 Å². The first-order chi connectivity index (χ1) is 7.60. The van der Waals surface area contributed by atoms with Crippen LogP contribution < -0.4 is 0 Å². The molecule has 0 N–H and O–H groups in total. The highest BCUT2D eigenvalue weighted by Gasteiger charge is 2.21. The lowest BCUT2D eigenvalue weighted by Crippen LogP contribution is -2.17. The summed E-state index contributed by atoms with van der Waals surface area (Å²) in [6.07, 6.45) is 13.4. The maximum Gasteiger partial charge on any atom is 0.133 e. The van der Waals surface area contributed by atoms with Gasteiger partial charge in [-0.25, -0.2) is 0 Å². The van der Waals surface area contributed by atoms with E-state index < -0.39 is 0 Å². The Morgan fingerprint density at radius 2 is 1.31 bits per heavy atom. The van der Waals surface area contributed by atoms with Crippen molar-refractivity contribution < 1.29 is 4.79 Å². The van der Waals surface area contributed by atoms with Crippen LogP contribution in [-0.2, 0) is 4.79 Å². The molecule has 1 aliphatic carbocycles. The number of Topliss-reactive ketones (excluding diaryl/α,β-unsaturated/α-hetero) is 1. The van der Waals surface area contributed by atoms with Crippen molar-refractivity contribution in [3.8, 4) is 0 Å². The van der Waals surface area contributed by atoms with Crippen molar-refractivity contribution in [1.29, 1.82) is 0 Å². The van der Waals surface area contributed by atoms with Crippen molar-refractivity contribution in [1.82, 2.24) is 0 Å². The molecule has 0 aromatic carbocycles. The molecule has 0 aromatic rings. The lowest BCUT2D eigenvalue weighted by Gasteiger charge is -2.23. The molecular formula is C15H28O. The van der Waals surface area contributed by atoms with Crippen LogP contribution in [0.25, 0.3) is 0 Å². The molecule has 0 spiro atoms. The molecule has 0 bridgehead atoms. The number of carbonyl (C=O) groups is 1. The maximum absolute atomic E-state index is 11.8. The minimum atomic E-state index is 0.241. The normalized spacial score (nSPS) is 25.2. The van der Waals surface area contributed by atoms with Crippen LogP contribution in [0.2, 0.25) is 0 Å². The summed E-state index contributed by atoms with van der Waals surface area (Å²) in [6.45, 7) is 4.51. The van der Waals surface area contributed by atoms with E-state index in [1.165, 1.54) is 51.4 Å². The number of carbonyl (C=O) groups excluding carboxylic acids is 1. The molecule has 0 radical (unpaired) electrons. The maximum atomic E-state index is 11.8. The third-order valence-corrected chi connectivity index (χ3v) is 3.73. The average molecular weight is 224 g/mol. The molecular weight excluding hydrogens is 196 g/mol. The van der Waals surface area contributed by atoms with Gasteiger partial charge in [0.25, 0.3) is 0 Å². The predicted molar refractivity (Wildman–Crippen MR) is 69.6 cm³/mol. The van der Waals surface area contributed by atoms with Crippen LogP contribution in [0.15, 0.2) is 0 Å². The standard InChI is InChI=1S/C15H28O/c1-15(2)12-10-8-6-4-3-5-7-9-11-14(16)13-15/h3-13H2,1-2H3. The van der Waals surface area contributed by atoms with E-state index in [2.05, 4.69) is 13.8 Å². The molecule has 1 heteroatoms. The van der Waals surface area contributed by atoms with E-state index >= 15 is 0 Å². The van der Waals surface area contributed by atoms with Crippen LogP contribution >= 0.6 is 0 Å². The minimum Gasteiger partial charge on any atom is -0.300 e. The summed E-state index contributed by atoms with van der Waals surface area (Å²) in [4.78, 5) is 11.8. The molecule has 0 amide bonds. The quantitative estimate of drug-likeness (QED) is 0.572. The SMILES string of the molecule is CC1(C)CCCCCCCCCCC(=O)C1. The van der Waals surface area contributed by atoms with E-state index in [1.807, 2.05) is 0 Å². The number of hydrogen-bond donors (Lipinski definition) is 0. The average Bonchev–Trinajstić information content (AvgIpc) is 2.20. The first kappa shape index (κ1) is 13.7. The van der Waals surface area contributed by atoms with Gasteiger partial charge in [0.2, 0.25) is 0 Å². The zero-order chi connectivity index (χ0) is 11.9. The van der Waals surface area contributed by atoms with E-state index in [9.17, 15) is 4.79 Å². The highest BCUT2D eigenvalue weighted by molar-refractivity contribution is 5.78. The van der Waals surface area contributed by atoms with E-state index in [0.29, 0.717) is 5.78 Å². The summed E-state index contributed by atoms with van der Waals surface area (Å²) in [6, 6.07) is 0. The van der Waals surface area contributed by atoms with Gasteiger partial charge in [-0.15, -0.1) is 0 Å². The second kappa shape index (κ2) is 7.09. The zero-order valence-electron chi connectivity index (χ0n) is 11.2. The van der Waals surface area contributed by atoms with Crippen molar-refractivity contribution in [2.24, 2.45) is 5.41 Å². The molecule has 0 aromatic heterocycles. The molecule has 1 nitrogen and oxygen atoms in total. The van der Waals surface area contributed by atoms with Crippen LogP contribution in [0.4, 0.5) is 0 Å². The van der Waals surface area contributed by atoms with Crippen molar-refractivity contribution in [2.75, 3.05) is 0 Å². The van der Waals surface area contributed by atoms with Gasteiger partial charge >= 0.3 is 0 Å². The van der Waals surface area contributed by atoms with Crippen LogP contribution in [0.5, 0.6) is 0 Å². The fraction of sp³-hybridized carbons (Fsp3) is 0.933. The van der Waals surface area contributed by atoms with Gasteiger partial charge in [-0.05, 0) is 18.3 Å². The second-order valence-electron chi connectivity index (χ2n) is 6.21. The molecule has 0 saturated heterocycles. The summed E-state index contributed by atoms with van der Waals surface area (Å²) < 4.78 is 0. The van der Waals surface area contributed by atoms with Gasteiger partial charge < -0.3 is 0 Å². The number of hydrogen-bond acceptors (Lipinski definition) is 1. The lowest BCUT2D eigenvalue weighted by molar-refractivity contribution is -0.121. The van der Waals surface area contributed by atoms with Gasteiger partial charge in [0, 0.05) is 12.8 Å². The Bertz CT molecular complexity index is 205. The summed E-state index contributed by atoms with van der Waals surface area (Å²) in [7, 11) is 0. The fourth-order valence-corrected chi connectivity index (χ4v) is 2.70. The lowest BCUT2D eigenvalue weighted by atomic mass is 9.81. The molecule has 1 aliphatic rings. The Labute approximate surface area is 101 Å². The van der Waals surface area contributed by atoms with E-state index in [-0.39, 0.29) is 5.41 Å². The number of ketones is 1. The van der Waals surface area contributed by atoms with Gasteiger partial charge in [-0.2, -0.15) is 0 Å². The third kappa shape index (κ3) is 6.30. The van der Waals surface area contributed by atoms with E-state index in [0.717, 1.165) is 19.3 Å².